The van der Waals surface area contributed by atoms with E-state index in [1.165, 1.54) is 0 Å². The van der Waals surface area contributed by atoms with Gasteiger partial charge in [0.05, 0.1) is 0 Å². The third kappa shape index (κ3) is 12.4. The maximum absolute atomic E-state index is 10.1. The molecule has 0 aromatic heterocycles. The molecule has 0 rings (SSSR count). The molecule has 0 radical (unpaired) electrons. The SMILES string of the molecule is O=NOCCCCCC(CCCCON=O)ON=O. The van der Waals surface area contributed by atoms with Gasteiger partial charge in [0.25, 0.3) is 0 Å². The number of hydrogen-bond donors (Lipinski definition) is 0. The molecule has 0 spiro atoms. The van der Waals surface area contributed by atoms with Gasteiger partial charge in [-0.05, 0) is 44.9 Å². The predicted octanol–water partition coefficient (Wildman–Crippen LogP) is 3.18. The molecule has 0 N–H and O–H groups in total. The normalized spacial score (nSPS) is 11.4. The zero-order valence-electron chi connectivity index (χ0n) is 10.7. The highest BCUT2D eigenvalue weighted by molar-refractivity contribution is 4.58. The molecule has 0 aliphatic rings. The van der Waals surface area contributed by atoms with Crippen molar-refractivity contribution in [3.05, 3.63) is 14.7 Å². The summed E-state index contributed by atoms with van der Waals surface area (Å²) in [5, 5.41) is 7.02. The van der Waals surface area contributed by atoms with Crippen molar-refractivity contribution in [1.82, 2.24) is 0 Å². The van der Waals surface area contributed by atoms with E-state index < -0.39 is 0 Å². The van der Waals surface area contributed by atoms with Crippen LogP contribution in [0.2, 0.25) is 0 Å². The molecule has 0 heterocycles. The molecule has 0 saturated carbocycles. The molecule has 9 nitrogen and oxygen atoms in total. The second-order valence-electron chi connectivity index (χ2n) is 3.96. The van der Waals surface area contributed by atoms with Crippen molar-refractivity contribution in [1.29, 1.82) is 0 Å². The van der Waals surface area contributed by atoms with Gasteiger partial charge in [-0.2, -0.15) is 0 Å². The smallest absolute Gasteiger partial charge is 0.155 e. The van der Waals surface area contributed by atoms with E-state index in [1.54, 1.807) is 0 Å². The molecular weight excluding hydrogens is 258 g/mol. The summed E-state index contributed by atoms with van der Waals surface area (Å²) in [6.07, 6.45) is 4.99. The lowest BCUT2D eigenvalue weighted by atomic mass is 10.1. The Labute approximate surface area is 110 Å². The Kier molecular flexibility index (Phi) is 12.9. The van der Waals surface area contributed by atoms with Gasteiger partial charge >= 0.3 is 0 Å². The first-order chi connectivity index (χ1) is 9.35. The fourth-order valence-corrected chi connectivity index (χ4v) is 1.64. The molecule has 0 aromatic carbocycles. The molecular formula is C10H19N3O6. The first kappa shape index (κ1) is 17.2. The Morgan fingerprint density at radius 3 is 1.74 bits per heavy atom. The van der Waals surface area contributed by atoms with Crippen molar-refractivity contribution in [2.45, 2.75) is 51.0 Å². The van der Waals surface area contributed by atoms with Gasteiger partial charge in [0.2, 0.25) is 0 Å². The average molecular weight is 277 g/mol. The highest BCUT2D eigenvalue weighted by Crippen LogP contribution is 2.14. The van der Waals surface area contributed by atoms with Crippen molar-refractivity contribution in [2.24, 2.45) is 16.0 Å². The minimum absolute atomic E-state index is 0.230. The van der Waals surface area contributed by atoms with Crippen molar-refractivity contribution >= 4 is 0 Å². The van der Waals surface area contributed by atoms with E-state index in [4.69, 9.17) is 4.84 Å². The largest absolute Gasteiger partial charge is 0.364 e. The Morgan fingerprint density at radius 1 is 0.684 bits per heavy atom. The van der Waals surface area contributed by atoms with E-state index >= 15 is 0 Å². The molecule has 0 aromatic rings. The number of nitrogens with zero attached hydrogens (tertiary/aromatic N) is 3. The summed E-state index contributed by atoms with van der Waals surface area (Å²) in [6.45, 7) is 0.567. The highest BCUT2D eigenvalue weighted by atomic mass is 16.7. The van der Waals surface area contributed by atoms with Crippen molar-refractivity contribution in [3.8, 4) is 0 Å². The Morgan fingerprint density at radius 2 is 1.21 bits per heavy atom. The van der Waals surface area contributed by atoms with Gasteiger partial charge in [0.15, 0.2) is 16.0 Å². The van der Waals surface area contributed by atoms with E-state index in [9.17, 15) is 14.7 Å². The molecule has 0 aliphatic carbocycles. The van der Waals surface area contributed by atoms with Crippen LogP contribution in [0.5, 0.6) is 0 Å². The van der Waals surface area contributed by atoms with Crippen LogP contribution in [0, 0.1) is 14.7 Å². The lowest BCUT2D eigenvalue weighted by Crippen LogP contribution is -2.10. The van der Waals surface area contributed by atoms with Gasteiger partial charge in [-0.15, -0.1) is 14.7 Å². The molecule has 0 fully saturated rings. The first-order valence-corrected chi connectivity index (χ1v) is 6.22. The van der Waals surface area contributed by atoms with E-state index in [-0.39, 0.29) is 12.7 Å². The average Bonchev–Trinajstić information content (AvgIpc) is 2.42. The lowest BCUT2D eigenvalue weighted by molar-refractivity contribution is 0.0369. The van der Waals surface area contributed by atoms with Gasteiger partial charge in [0.1, 0.15) is 19.3 Å². The van der Waals surface area contributed by atoms with E-state index in [0.717, 1.165) is 25.7 Å². The molecule has 110 valence electrons. The zero-order valence-corrected chi connectivity index (χ0v) is 10.7. The van der Waals surface area contributed by atoms with Crippen LogP contribution in [-0.4, -0.2) is 19.3 Å². The minimum atomic E-state index is -0.230. The fourth-order valence-electron chi connectivity index (χ4n) is 1.64. The molecule has 0 aliphatic heterocycles. The Hall–Kier alpha value is -1.80. The summed E-state index contributed by atoms with van der Waals surface area (Å²) in [4.78, 5) is 42.8. The van der Waals surface area contributed by atoms with E-state index in [2.05, 4.69) is 25.7 Å². The third-order valence-electron chi connectivity index (χ3n) is 2.57. The summed E-state index contributed by atoms with van der Waals surface area (Å²) in [5.41, 5.74) is 0. The molecule has 1 unspecified atom stereocenters. The second-order valence-corrected chi connectivity index (χ2v) is 3.96. The summed E-state index contributed by atoms with van der Waals surface area (Å²) in [7, 11) is 0. The molecule has 19 heavy (non-hydrogen) atoms. The number of rotatable bonds is 15. The standard InChI is InChI=1S/C10H19N3O6/c14-11-17-8-4-1-2-6-10(19-13-16)7-3-5-9-18-12-15/h10H,1-9H2. The van der Waals surface area contributed by atoms with Crippen molar-refractivity contribution in [2.75, 3.05) is 13.2 Å². The quantitative estimate of drug-likeness (QED) is 0.258. The van der Waals surface area contributed by atoms with Crippen LogP contribution in [0.3, 0.4) is 0 Å². The summed E-state index contributed by atoms with van der Waals surface area (Å²) >= 11 is 0. The van der Waals surface area contributed by atoms with Crippen LogP contribution >= 0.6 is 0 Å². The second kappa shape index (κ2) is 14.3. The summed E-state index contributed by atoms with van der Waals surface area (Å²) in [6, 6.07) is 0. The molecule has 0 saturated heterocycles. The van der Waals surface area contributed by atoms with Crippen LogP contribution in [0.4, 0.5) is 0 Å². The van der Waals surface area contributed by atoms with Gasteiger partial charge in [-0.25, -0.2) is 0 Å². The first-order valence-electron chi connectivity index (χ1n) is 6.22. The fraction of sp³-hybridized carbons (Fsp3) is 1.00. The minimum Gasteiger partial charge on any atom is -0.364 e. The summed E-state index contributed by atoms with van der Waals surface area (Å²) in [5.74, 6) is 0. The maximum Gasteiger partial charge on any atom is 0.155 e. The molecule has 9 heteroatoms. The summed E-state index contributed by atoms with van der Waals surface area (Å²) < 4.78 is 0. The Bertz CT molecular complexity index is 241. The van der Waals surface area contributed by atoms with E-state index in [0.29, 0.717) is 25.9 Å². The van der Waals surface area contributed by atoms with Gasteiger partial charge in [0, 0.05) is 0 Å². The number of unbranched alkanes of at least 4 members (excludes halogenated alkanes) is 3. The van der Waals surface area contributed by atoms with Gasteiger partial charge in [-0.3, -0.25) is 0 Å². The highest BCUT2D eigenvalue weighted by Gasteiger charge is 2.10. The third-order valence-corrected chi connectivity index (χ3v) is 2.57. The molecule has 0 amide bonds. The predicted molar refractivity (Wildman–Crippen MR) is 66.5 cm³/mol. The topological polar surface area (TPSA) is 116 Å². The van der Waals surface area contributed by atoms with Gasteiger partial charge < -0.3 is 14.5 Å². The zero-order chi connectivity index (χ0) is 14.2. The number of hydrogen-bond acceptors (Lipinski definition) is 9. The van der Waals surface area contributed by atoms with Crippen LogP contribution in [-0.2, 0) is 14.5 Å². The van der Waals surface area contributed by atoms with Gasteiger partial charge in [-0.1, -0.05) is 0 Å². The van der Waals surface area contributed by atoms with Crippen molar-refractivity contribution < 1.29 is 14.5 Å². The van der Waals surface area contributed by atoms with Crippen molar-refractivity contribution in [3.63, 3.8) is 0 Å². The monoisotopic (exact) mass is 277 g/mol. The van der Waals surface area contributed by atoms with Crippen LogP contribution < -0.4 is 0 Å². The van der Waals surface area contributed by atoms with Crippen LogP contribution in [0.25, 0.3) is 0 Å². The van der Waals surface area contributed by atoms with Crippen LogP contribution in [0.15, 0.2) is 16.0 Å². The molecule has 0 bridgehead atoms. The molecule has 1 atom stereocenters. The maximum atomic E-state index is 10.1. The lowest BCUT2D eigenvalue weighted by Gasteiger charge is -2.12. The Balaban J connectivity index is 3.52. The van der Waals surface area contributed by atoms with E-state index in [1.807, 2.05) is 0 Å². The van der Waals surface area contributed by atoms with Crippen LogP contribution in [0.1, 0.15) is 44.9 Å².